The number of nitrogens with zero attached hydrogens (tertiary/aromatic N) is 2. The molecule has 0 unspecified atom stereocenters. The molecule has 0 spiro atoms. The van der Waals surface area contributed by atoms with Crippen LogP contribution in [0.15, 0.2) is 77.6 Å². The van der Waals surface area contributed by atoms with Crippen LogP contribution in [0, 0.1) is 0 Å². The van der Waals surface area contributed by atoms with E-state index >= 15 is 0 Å². The maximum atomic E-state index is 13.2. The molecule has 7 heteroatoms. The van der Waals surface area contributed by atoms with Gasteiger partial charge < -0.3 is 4.74 Å². The van der Waals surface area contributed by atoms with Gasteiger partial charge in [0, 0.05) is 0 Å². The van der Waals surface area contributed by atoms with E-state index in [9.17, 15) is 18.0 Å². The van der Waals surface area contributed by atoms with Crippen LogP contribution in [0.4, 0.5) is 13.2 Å². The number of ether oxygens (including phenoxy) is 1. The van der Waals surface area contributed by atoms with Gasteiger partial charge in [0.15, 0.2) is 0 Å². The summed E-state index contributed by atoms with van der Waals surface area (Å²) >= 11 is 0. The van der Waals surface area contributed by atoms with Crippen molar-refractivity contribution in [1.29, 1.82) is 0 Å². The third-order valence-electron chi connectivity index (χ3n) is 4.77. The summed E-state index contributed by atoms with van der Waals surface area (Å²) in [6, 6.07) is 18.6. The van der Waals surface area contributed by atoms with Crippen LogP contribution in [-0.4, -0.2) is 16.7 Å². The van der Waals surface area contributed by atoms with Gasteiger partial charge in [-0.05, 0) is 54.1 Å². The molecule has 0 saturated heterocycles. The fourth-order valence-electron chi connectivity index (χ4n) is 3.22. The number of benzene rings is 3. The third-order valence-corrected chi connectivity index (χ3v) is 4.77. The zero-order chi connectivity index (χ0) is 22.0. The molecule has 0 aliphatic carbocycles. The van der Waals surface area contributed by atoms with Crippen molar-refractivity contribution in [2.45, 2.75) is 6.18 Å². The normalized spacial score (nSPS) is 11.9. The van der Waals surface area contributed by atoms with Crippen molar-refractivity contribution in [2.75, 3.05) is 7.11 Å². The lowest BCUT2D eigenvalue weighted by atomic mass is 10.1. The van der Waals surface area contributed by atoms with Crippen molar-refractivity contribution >= 4 is 23.1 Å². The van der Waals surface area contributed by atoms with Crippen molar-refractivity contribution in [3.8, 4) is 11.4 Å². The lowest BCUT2D eigenvalue weighted by Gasteiger charge is -2.14. The van der Waals surface area contributed by atoms with E-state index < -0.39 is 17.3 Å². The standard InChI is InChI=1S/C24H17F3N2O2/c1-31-19-12-9-16(10-13-19)11-14-22-28-21-8-3-2-7-20(21)23(30)29(22)18-6-4-5-17(15-18)24(25,26)27/h2-15H,1H3. The number of rotatable bonds is 4. The molecule has 31 heavy (non-hydrogen) atoms. The van der Waals surface area contributed by atoms with Gasteiger partial charge in [-0.25, -0.2) is 4.98 Å². The molecule has 156 valence electrons. The van der Waals surface area contributed by atoms with Gasteiger partial charge in [-0.2, -0.15) is 13.2 Å². The van der Waals surface area contributed by atoms with E-state index in [1.54, 1.807) is 55.7 Å². The molecule has 0 N–H and O–H groups in total. The first kappa shape index (κ1) is 20.4. The first-order valence-corrected chi connectivity index (χ1v) is 9.38. The Kier molecular flexibility index (Phi) is 5.33. The van der Waals surface area contributed by atoms with Crippen LogP contribution in [-0.2, 0) is 6.18 Å². The van der Waals surface area contributed by atoms with E-state index in [1.165, 1.54) is 16.7 Å². The van der Waals surface area contributed by atoms with Gasteiger partial charge >= 0.3 is 6.18 Å². The second-order valence-electron chi connectivity index (χ2n) is 6.78. The highest BCUT2D eigenvalue weighted by Gasteiger charge is 2.30. The number of para-hydroxylation sites is 1. The highest BCUT2D eigenvalue weighted by Crippen LogP contribution is 2.30. The van der Waals surface area contributed by atoms with Crippen LogP contribution < -0.4 is 10.3 Å². The Balaban J connectivity index is 1.90. The van der Waals surface area contributed by atoms with E-state index in [0.717, 1.165) is 17.7 Å². The Morgan fingerprint density at radius 1 is 0.935 bits per heavy atom. The molecule has 4 nitrogen and oxygen atoms in total. The Hall–Kier alpha value is -3.87. The first-order valence-electron chi connectivity index (χ1n) is 9.38. The minimum atomic E-state index is -4.52. The van der Waals surface area contributed by atoms with Crippen molar-refractivity contribution in [3.63, 3.8) is 0 Å². The molecule has 0 amide bonds. The van der Waals surface area contributed by atoms with Crippen molar-refractivity contribution in [2.24, 2.45) is 0 Å². The van der Waals surface area contributed by atoms with E-state index in [4.69, 9.17) is 4.74 Å². The molecule has 0 atom stereocenters. The zero-order valence-corrected chi connectivity index (χ0v) is 16.4. The fraction of sp³-hybridized carbons (Fsp3) is 0.0833. The highest BCUT2D eigenvalue weighted by molar-refractivity contribution is 5.80. The molecule has 1 aromatic heterocycles. The Labute approximate surface area is 175 Å². The SMILES string of the molecule is COc1ccc(C=Cc2nc3ccccc3c(=O)n2-c2cccc(C(F)(F)F)c2)cc1. The summed E-state index contributed by atoms with van der Waals surface area (Å²) in [6.07, 6.45) is -1.18. The smallest absolute Gasteiger partial charge is 0.416 e. The molecular formula is C24H17F3N2O2. The Morgan fingerprint density at radius 2 is 1.68 bits per heavy atom. The molecule has 0 radical (unpaired) electrons. The minimum absolute atomic E-state index is 0.0902. The summed E-state index contributed by atoms with van der Waals surface area (Å²) < 4.78 is 46.1. The topological polar surface area (TPSA) is 44.1 Å². The number of fused-ring (bicyclic) bond motifs is 1. The molecule has 3 aromatic carbocycles. The summed E-state index contributed by atoms with van der Waals surface area (Å²) in [5, 5.41) is 0.321. The van der Waals surface area contributed by atoms with Gasteiger partial charge in [-0.15, -0.1) is 0 Å². The van der Waals surface area contributed by atoms with Crippen molar-refractivity contribution in [3.05, 3.63) is 100 Å². The molecule has 0 bridgehead atoms. The average Bonchev–Trinajstić information content (AvgIpc) is 2.77. The number of hydrogen-bond donors (Lipinski definition) is 0. The van der Waals surface area contributed by atoms with Crippen LogP contribution in [0.1, 0.15) is 17.0 Å². The predicted octanol–water partition coefficient (Wildman–Crippen LogP) is 5.58. The van der Waals surface area contributed by atoms with Crippen molar-refractivity contribution < 1.29 is 17.9 Å². The van der Waals surface area contributed by atoms with Crippen molar-refractivity contribution in [1.82, 2.24) is 9.55 Å². The summed E-state index contributed by atoms with van der Waals surface area (Å²) in [7, 11) is 1.57. The van der Waals surface area contributed by atoms with E-state index in [0.29, 0.717) is 16.7 Å². The Bertz CT molecular complexity index is 1320. The lowest BCUT2D eigenvalue weighted by molar-refractivity contribution is -0.137. The predicted molar refractivity (Wildman–Crippen MR) is 114 cm³/mol. The number of hydrogen-bond acceptors (Lipinski definition) is 3. The number of alkyl halides is 3. The van der Waals surface area contributed by atoms with Gasteiger partial charge in [0.2, 0.25) is 0 Å². The number of halogens is 3. The van der Waals surface area contributed by atoms with Crippen LogP contribution in [0.25, 0.3) is 28.7 Å². The monoisotopic (exact) mass is 422 g/mol. The van der Waals surface area contributed by atoms with Crippen LogP contribution in [0.5, 0.6) is 5.75 Å². The minimum Gasteiger partial charge on any atom is -0.497 e. The molecule has 0 aliphatic rings. The third kappa shape index (κ3) is 4.21. The number of aromatic nitrogens is 2. The van der Waals surface area contributed by atoms with E-state index in [2.05, 4.69) is 4.98 Å². The molecule has 1 heterocycles. The average molecular weight is 422 g/mol. The molecular weight excluding hydrogens is 405 g/mol. The van der Waals surface area contributed by atoms with Gasteiger partial charge in [0.1, 0.15) is 11.6 Å². The van der Waals surface area contributed by atoms with Gasteiger partial charge in [0.25, 0.3) is 5.56 Å². The maximum absolute atomic E-state index is 13.2. The summed E-state index contributed by atoms with van der Waals surface area (Å²) in [6.45, 7) is 0. The largest absolute Gasteiger partial charge is 0.497 e. The quantitative estimate of drug-likeness (QED) is 0.431. The van der Waals surface area contributed by atoms with Gasteiger partial charge in [-0.1, -0.05) is 36.4 Å². The second kappa shape index (κ2) is 8.10. The summed E-state index contributed by atoms with van der Waals surface area (Å²) in [4.78, 5) is 17.7. The Morgan fingerprint density at radius 3 is 2.39 bits per heavy atom. The number of methoxy groups -OCH3 is 1. The van der Waals surface area contributed by atoms with E-state index in [1.807, 2.05) is 12.1 Å². The molecule has 4 aromatic rings. The molecule has 0 aliphatic heterocycles. The highest BCUT2D eigenvalue weighted by atomic mass is 19.4. The first-order chi connectivity index (χ1) is 14.9. The molecule has 0 fully saturated rings. The lowest BCUT2D eigenvalue weighted by Crippen LogP contribution is -2.22. The second-order valence-corrected chi connectivity index (χ2v) is 6.78. The summed E-state index contributed by atoms with van der Waals surface area (Å²) in [5.41, 5.74) is 0.0887. The molecule has 4 rings (SSSR count). The fourth-order valence-corrected chi connectivity index (χ4v) is 3.22. The zero-order valence-electron chi connectivity index (χ0n) is 16.4. The van der Waals surface area contributed by atoms with Crippen LogP contribution >= 0.6 is 0 Å². The molecule has 0 saturated carbocycles. The van der Waals surface area contributed by atoms with Crippen LogP contribution in [0.2, 0.25) is 0 Å². The van der Waals surface area contributed by atoms with Gasteiger partial charge in [-0.3, -0.25) is 9.36 Å². The maximum Gasteiger partial charge on any atom is 0.416 e. The van der Waals surface area contributed by atoms with Crippen LogP contribution in [0.3, 0.4) is 0 Å². The summed E-state index contributed by atoms with van der Waals surface area (Å²) in [5.74, 6) is 0.917. The van der Waals surface area contributed by atoms with Gasteiger partial charge in [0.05, 0.1) is 29.3 Å². The van der Waals surface area contributed by atoms with E-state index in [-0.39, 0.29) is 11.5 Å².